The van der Waals surface area contributed by atoms with Crippen LogP contribution in [0.3, 0.4) is 0 Å². The van der Waals surface area contributed by atoms with Gasteiger partial charge in [0.25, 0.3) is 0 Å². The van der Waals surface area contributed by atoms with E-state index >= 15 is 0 Å². The summed E-state index contributed by atoms with van der Waals surface area (Å²) in [4.78, 5) is 26.6. The molecule has 0 aromatic carbocycles. The zero-order chi connectivity index (χ0) is 14.9. The summed E-state index contributed by atoms with van der Waals surface area (Å²) in [7, 11) is 0. The van der Waals surface area contributed by atoms with E-state index in [2.05, 4.69) is 19.2 Å². The predicted octanol–water partition coefficient (Wildman–Crippen LogP) is 1.17. The Kier molecular flexibility index (Phi) is 4.68. The maximum absolute atomic E-state index is 12.7. The molecule has 5 heteroatoms. The second kappa shape index (κ2) is 6.12. The molecule has 2 amide bonds. The van der Waals surface area contributed by atoms with Crippen molar-refractivity contribution in [2.24, 2.45) is 11.8 Å². The van der Waals surface area contributed by atoms with Gasteiger partial charge in [-0.1, -0.05) is 13.8 Å². The molecule has 114 valence electrons. The molecule has 5 nitrogen and oxygen atoms in total. The Morgan fingerprint density at radius 2 is 2.05 bits per heavy atom. The third kappa shape index (κ3) is 2.97. The van der Waals surface area contributed by atoms with Crippen LogP contribution in [0.4, 0.5) is 0 Å². The highest BCUT2D eigenvalue weighted by Gasteiger charge is 2.42. The number of ether oxygens (including phenoxy) is 1. The van der Waals surface area contributed by atoms with Crippen LogP contribution in [0.15, 0.2) is 0 Å². The molecule has 4 unspecified atom stereocenters. The molecule has 2 heterocycles. The molecule has 0 aliphatic carbocycles. The normalized spacial score (nSPS) is 32.6. The Balaban J connectivity index is 2.14. The predicted molar refractivity (Wildman–Crippen MR) is 76.1 cm³/mol. The summed E-state index contributed by atoms with van der Waals surface area (Å²) >= 11 is 0. The summed E-state index contributed by atoms with van der Waals surface area (Å²) in [5.41, 5.74) is 0. The van der Waals surface area contributed by atoms with E-state index in [-0.39, 0.29) is 29.9 Å². The first-order valence-corrected chi connectivity index (χ1v) is 7.62. The van der Waals surface area contributed by atoms with E-state index in [1.165, 1.54) is 0 Å². The Labute approximate surface area is 121 Å². The van der Waals surface area contributed by atoms with E-state index in [4.69, 9.17) is 4.74 Å². The number of rotatable bonds is 4. The molecule has 0 aromatic rings. The maximum Gasteiger partial charge on any atom is 0.246 e. The summed E-state index contributed by atoms with van der Waals surface area (Å²) in [6.07, 6.45) is 1.66. The van der Waals surface area contributed by atoms with Crippen LogP contribution in [0.2, 0.25) is 0 Å². The van der Waals surface area contributed by atoms with Gasteiger partial charge in [-0.3, -0.25) is 9.59 Å². The number of hydrogen-bond donors (Lipinski definition) is 1. The summed E-state index contributed by atoms with van der Waals surface area (Å²) in [6.45, 7) is 9.43. The van der Waals surface area contributed by atoms with Crippen molar-refractivity contribution in [3.8, 4) is 0 Å². The molecule has 0 bridgehead atoms. The van der Waals surface area contributed by atoms with Crippen molar-refractivity contribution in [3.63, 3.8) is 0 Å². The lowest BCUT2D eigenvalue weighted by Crippen LogP contribution is -2.65. The summed E-state index contributed by atoms with van der Waals surface area (Å²) in [5.74, 6) is 0.739. The fraction of sp³-hybridized carbons (Fsp3) is 0.867. The van der Waals surface area contributed by atoms with Crippen molar-refractivity contribution in [1.29, 1.82) is 0 Å². The zero-order valence-corrected chi connectivity index (χ0v) is 12.9. The third-order valence-corrected chi connectivity index (χ3v) is 4.46. The third-order valence-electron chi connectivity index (χ3n) is 4.46. The minimum atomic E-state index is -0.387. The van der Waals surface area contributed by atoms with Gasteiger partial charge in [0.05, 0.1) is 6.61 Å². The van der Waals surface area contributed by atoms with Crippen LogP contribution in [0, 0.1) is 11.8 Å². The number of amides is 2. The SMILES string of the molecule is CC(C)CC1NC(=O)C(C)N(C(C)C2CCOC2)C1=O. The molecule has 20 heavy (non-hydrogen) atoms. The maximum atomic E-state index is 12.7. The van der Waals surface area contributed by atoms with E-state index in [1.807, 2.05) is 13.8 Å². The lowest BCUT2D eigenvalue weighted by Gasteiger charge is -2.43. The second-order valence-corrected chi connectivity index (χ2v) is 6.48. The highest BCUT2D eigenvalue weighted by molar-refractivity contribution is 5.96. The number of hydrogen-bond acceptors (Lipinski definition) is 3. The standard InChI is InChI=1S/C15H26N2O3/c1-9(2)7-13-15(19)17(11(4)14(18)16-13)10(3)12-5-6-20-8-12/h9-13H,5-8H2,1-4H3,(H,16,18). The molecule has 2 aliphatic rings. The number of nitrogens with zero attached hydrogens (tertiary/aromatic N) is 1. The molecule has 2 aliphatic heterocycles. The molecule has 0 aromatic heterocycles. The molecule has 0 radical (unpaired) electrons. The van der Waals surface area contributed by atoms with Gasteiger partial charge in [-0.15, -0.1) is 0 Å². The van der Waals surface area contributed by atoms with Crippen molar-refractivity contribution in [2.75, 3.05) is 13.2 Å². The van der Waals surface area contributed by atoms with Crippen LogP contribution in [-0.2, 0) is 14.3 Å². The van der Waals surface area contributed by atoms with Gasteiger partial charge in [0.2, 0.25) is 11.8 Å². The van der Waals surface area contributed by atoms with Crippen LogP contribution in [-0.4, -0.2) is 48.1 Å². The first-order chi connectivity index (χ1) is 9.41. The quantitative estimate of drug-likeness (QED) is 0.842. The van der Waals surface area contributed by atoms with Crippen molar-refractivity contribution in [2.45, 2.75) is 58.7 Å². The molecule has 4 atom stereocenters. The van der Waals surface area contributed by atoms with Gasteiger partial charge >= 0.3 is 0 Å². The van der Waals surface area contributed by atoms with Crippen molar-refractivity contribution >= 4 is 11.8 Å². The van der Waals surface area contributed by atoms with E-state index < -0.39 is 0 Å². The van der Waals surface area contributed by atoms with Crippen molar-refractivity contribution < 1.29 is 14.3 Å². The lowest BCUT2D eigenvalue weighted by molar-refractivity contribution is -0.152. The van der Waals surface area contributed by atoms with Crippen LogP contribution in [0.5, 0.6) is 0 Å². The van der Waals surface area contributed by atoms with Gasteiger partial charge in [-0.2, -0.15) is 0 Å². The van der Waals surface area contributed by atoms with Gasteiger partial charge in [0.15, 0.2) is 0 Å². The molecule has 1 N–H and O–H groups in total. The van der Waals surface area contributed by atoms with Crippen LogP contribution in [0.25, 0.3) is 0 Å². The highest BCUT2D eigenvalue weighted by atomic mass is 16.5. The molecule has 0 saturated carbocycles. The Morgan fingerprint density at radius 3 is 2.60 bits per heavy atom. The Hall–Kier alpha value is -1.10. The van der Waals surface area contributed by atoms with E-state index in [0.29, 0.717) is 24.9 Å². The number of carbonyl (C=O) groups is 2. The summed E-state index contributed by atoms with van der Waals surface area (Å²) in [6, 6.07) is -0.703. The molecule has 0 spiro atoms. The first kappa shape index (κ1) is 15.3. The number of piperazine rings is 1. The fourth-order valence-corrected chi connectivity index (χ4v) is 3.20. The van der Waals surface area contributed by atoms with Gasteiger partial charge in [0, 0.05) is 18.6 Å². The van der Waals surface area contributed by atoms with Crippen molar-refractivity contribution in [3.05, 3.63) is 0 Å². The summed E-state index contributed by atoms with van der Waals surface area (Å²) in [5, 5.41) is 2.86. The smallest absolute Gasteiger partial charge is 0.246 e. The number of carbonyl (C=O) groups excluding carboxylic acids is 2. The number of nitrogens with one attached hydrogen (secondary N) is 1. The molecule has 2 fully saturated rings. The van der Waals surface area contributed by atoms with E-state index in [1.54, 1.807) is 4.90 Å². The average molecular weight is 282 g/mol. The zero-order valence-electron chi connectivity index (χ0n) is 12.9. The minimum Gasteiger partial charge on any atom is -0.381 e. The van der Waals surface area contributed by atoms with Crippen LogP contribution < -0.4 is 5.32 Å². The van der Waals surface area contributed by atoms with Gasteiger partial charge < -0.3 is 15.0 Å². The first-order valence-electron chi connectivity index (χ1n) is 7.62. The fourth-order valence-electron chi connectivity index (χ4n) is 3.20. The Bertz CT molecular complexity index is 377. The molecular formula is C15H26N2O3. The molecule has 2 rings (SSSR count). The summed E-state index contributed by atoms with van der Waals surface area (Å²) < 4.78 is 5.42. The highest BCUT2D eigenvalue weighted by Crippen LogP contribution is 2.26. The van der Waals surface area contributed by atoms with Crippen LogP contribution >= 0.6 is 0 Å². The van der Waals surface area contributed by atoms with Gasteiger partial charge in [-0.05, 0) is 32.6 Å². The largest absolute Gasteiger partial charge is 0.381 e. The van der Waals surface area contributed by atoms with Crippen molar-refractivity contribution in [1.82, 2.24) is 10.2 Å². The minimum absolute atomic E-state index is 0.0407. The van der Waals surface area contributed by atoms with E-state index in [0.717, 1.165) is 13.0 Å². The topological polar surface area (TPSA) is 58.6 Å². The van der Waals surface area contributed by atoms with E-state index in [9.17, 15) is 9.59 Å². The second-order valence-electron chi connectivity index (χ2n) is 6.48. The lowest BCUT2D eigenvalue weighted by atomic mass is 9.93. The van der Waals surface area contributed by atoms with Gasteiger partial charge in [-0.25, -0.2) is 0 Å². The molecular weight excluding hydrogens is 256 g/mol. The monoisotopic (exact) mass is 282 g/mol. The van der Waals surface area contributed by atoms with Gasteiger partial charge in [0.1, 0.15) is 12.1 Å². The Morgan fingerprint density at radius 1 is 1.35 bits per heavy atom. The van der Waals surface area contributed by atoms with Crippen LogP contribution in [0.1, 0.15) is 40.5 Å². The average Bonchev–Trinajstić information content (AvgIpc) is 2.89. The molecule has 2 saturated heterocycles.